The summed E-state index contributed by atoms with van der Waals surface area (Å²) in [6, 6.07) is 12.9. The van der Waals surface area contributed by atoms with E-state index in [-0.39, 0.29) is 5.91 Å². The Bertz CT molecular complexity index is 587. The van der Waals surface area contributed by atoms with Gasteiger partial charge in [-0.25, -0.2) is 0 Å². The van der Waals surface area contributed by atoms with E-state index in [4.69, 9.17) is 10.5 Å². The van der Waals surface area contributed by atoms with Gasteiger partial charge >= 0.3 is 0 Å². The summed E-state index contributed by atoms with van der Waals surface area (Å²) in [5.74, 6) is 0.733. The first-order valence-electron chi connectivity index (χ1n) is 6.79. The molecule has 110 valence electrons. The molecule has 1 aromatic heterocycles. The van der Waals surface area contributed by atoms with Gasteiger partial charge in [-0.05, 0) is 24.3 Å². The zero-order valence-electron chi connectivity index (χ0n) is 12.0. The van der Waals surface area contributed by atoms with Crippen LogP contribution in [0.15, 0.2) is 48.7 Å². The number of carbonyl (C=O) groups excluding carboxylic acids is 1. The fourth-order valence-electron chi connectivity index (χ4n) is 1.86. The summed E-state index contributed by atoms with van der Waals surface area (Å²) in [4.78, 5) is 18.0. The van der Waals surface area contributed by atoms with Gasteiger partial charge in [-0.2, -0.15) is 0 Å². The highest BCUT2D eigenvalue weighted by molar-refractivity contribution is 5.94. The molecule has 0 saturated carbocycles. The Kier molecular flexibility index (Phi) is 5.29. The van der Waals surface area contributed by atoms with Crippen LogP contribution in [0.4, 0.5) is 0 Å². The molecule has 0 bridgehead atoms. The number of likely N-dealkylation sites (N-methyl/N-ethyl adjacent to an activating group) is 1. The third-order valence-corrected chi connectivity index (χ3v) is 3.06. The van der Waals surface area contributed by atoms with E-state index in [9.17, 15) is 4.79 Å². The molecule has 0 atom stereocenters. The minimum Gasteiger partial charge on any atom is -0.492 e. The minimum absolute atomic E-state index is 0.0660. The first-order chi connectivity index (χ1) is 10.2. The highest BCUT2D eigenvalue weighted by Gasteiger charge is 2.12. The summed E-state index contributed by atoms with van der Waals surface area (Å²) in [6.45, 7) is 1.27. The second kappa shape index (κ2) is 7.40. The predicted molar refractivity (Wildman–Crippen MR) is 81.0 cm³/mol. The highest BCUT2D eigenvalue weighted by atomic mass is 16.5. The summed E-state index contributed by atoms with van der Waals surface area (Å²) in [5, 5.41) is 0. The van der Waals surface area contributed by atoms with E-state index >= 15 is 0 Å². The molecule has 0 fully saturated rings. The molecule has 2 aromatic rings. The third-order valence-electron chi connectivity index (χ3n) is 3.06. The molecule has 0 spiro atoms. The van der Waals surface area contributed by atoms with Crippen LogP contribution in [0, 0.1) is 0 Å². The standard InChI is InChI=1S/C16H19N3O2/c1-19(9-10-21-15-5-3-2-4-6-15)16(20)13-7-8-18-14(11-13)12-17/h2-8,11H,9-10,12,17H2,1H3. The van der Waals surface area contributed by atoms with Gasteiger partial charge in [0.25, 0.3) is 5.91 Å². The van der Waals surface area contributed by atoms with Crippen LogP contribution in [-0.4, -0.2) is 36.0 Å². The number of rotatable bonds is 6. The second-order valence-electron chi connectivity index (χ2n) is 4.63. The Balaban J connectivity index is 1.87. The number of hydrogen-bond donors (Lipinski definition) is 1. The van der Waals surface area contributed by atoms with E-state index in [0.29, 0.717) is 31.0 Å². The van der Waals surface area contributed by atoms with Crippen molar-refractivity contribution in [3.05, 3.63) is 59.9 Å². The van der Waals surface area contributed by atoms with Crippen LogP contribution in [0.3, 0.4) is 0 Å². The molecular formula is C16H19N3O2. The van der Waals surface area contributed by atoms with Crippen LogP contribution in [0.5, 0.6) is 5.75 Å². The molecule has 21 heavy (non-hydrogen) atoms. The topological polar surface area (TPSA) is 68.5 Å². The molecule has 1 heterocycles. The fourth-order valence-corrected chi connectivity index (χ4v) is 1.86. The van der Waals surface area contributed by atoms with E-state index in [1.807, 2.05) is 30.3 Å². The molecule has 0 unspecified atom stereocenters. The number of amides is 1. The van der Waals surface area contributed by atoms with E-state index < -0.39 is 0 Å². The zero-order chi connectivity index (χ0) is 15.1. The van der Waals surface area contributed by atoms with Gasteiger partial charge in [-0.1, -0.05) is 18.2 Å². The Labute approximate surface area is 124 Å². The maximum absolute atomic E-state index is 12.3. The predicted octanol–water partition coefficient (Wildman–Crippen LogP) is 1.69. The quantitative estimate of drug-likeness (QED) is 0.877. The second-order valence-corrected chi connectivity index (χ2v) is 4.63. The molecule has 1 amide bonds. The first kappa shape index (κ1) is 15.0. The number of carbonyl (C=O) groups is 1. The van der Waals surface area contributed by atoms with Crippen molar-refractivity contribution >= 4 is 5.91 Å². The number of hydrogen-bond acceptors (Lipinski definition) is 4. The van der Waals surface area contributed by atoms with Gasteiger partial charge in [0.2, 0.25) is 0 Å². The molecule has 5 nitrogen and oxygen atoms in total. The number of nitrogens with two attached hydrogens (primary N) is 1. The molecule has 2 rings (SSSR count). The van der Waals surface area contributed by atoms with E-state index in [1.54, 1.807) is 30.3 Å². The lowest BCUT2D eigenvalue weighted by molar-refractivity contribution is 0.0773. The lowest BCUT2D eigenvalue weighted by Gasteiger charge is -2.17. The Morgan fingerprint density at radius 1 is 1.29 bits per heavy atom. The van der Waals surface area contributed by atoms with Crippen LogP contribution in [0.2, 0.25) is 0 Å². The van der Waals surface area contributed by atoms with Crippen molar-refractivity contribution < 1.29 is 9.53 Å². The van der Waals surface area contributed by atoms with Gasteiger partial charge < -0.3 is 15.4 Å². The SMILES string of the molecule is CN(CCOc1ccccc1)C(=O)c1ccnc(CN)c1. The molecule has 0 aliphatic rings. The van der Waals surface area contributed by atoms with Gasteiger partial charge in [-0.15, -0.1) is 0 Å². The Morgan fingerprint density at radius 3 is 2.76 bits per heavy atom. The van der Waals surface area contributed by atoms with Crippen molar-refractivity contribution in [3.63, 3.8) is 0 Å². The summed E-state index contributed by atoms with van der Waals surface area (Å²) < 4.78 is 5.58. The number of nitrogens with zero attached hydrogens (tertiary/aromatic N) is 2. The van der Waals surface area contributed by atoms with Gasteiger partial charge in [-0.3, -0.25) is 9.78 Å². The van der Waals surface area contributed by atoms with Crippen molar-refractivity contribution in [2.75, 3.05) is 20.2 Å². The summed E-state index contributed by atoms with van der Waals surface area (Å²) in [7, 11) is 1.75. The van der Waals surface area contributed by atoms with Crippen LogP contribution in [-0.2, 0) is 6.54 Å². The maximum atomic E-state index is 12.3. The van der Waals surface area contributed by atoms with Crippen LogP contribution in [0.25, 0.3) is 0 Å². The molecule has 5 heteroatoms. The van der Waals surface area contributed by atoms with Crippen molar-refractivity contribution in [2.24, 2.45) is 5.73 Å². The minimum atomic E-state index is -0.0660. The number of ether oxygens (including phenoxy) is 1. The number of pyridine rings is 1. The lowest BCUT2D eigenvalue weighted by Crippen LogP contribution is -2.31. The van der Waals surface area contributed by atoms with Gasteiger partial charge in [0.1, 0.15) is 12.4 Å². The van der Waals surface area contributed by atoms with Crippen molar-refractivity contribution in [1.29, 1.82) is 0 Å². The van der Waals surface area contributed by atoms with Crippen molar-refractivity contribution in [1.82, 2.24) is 9.88 Å². The molecule has 0 aliphatic carbocycles. The average Bonchev–Trinajstić information content (AvgIpc) is 2.55. The average molecular weight is 285 g/mol. The fraction of sp³-hybridized carbons (Fsp3) is 0.250. The molecule has 2 N–H and O–H groups in total. The third kappa shape index (κ3) is 4.29. The van der Waals surface area contributed by atoms with Gasteiger partial charge in [0, 0.05) is 25.4 Å². The number of aromatic nitrogens is 1. The molecule has 0 aliphatic heterocycles. The maximum Gasteiger partial charge on any atom is 0.253 e. The van der Waals surface area contributed by atoms with E-state index in [2.05, 4.69) is 4.98 Å². The Hall–Kier alpha value is -2.40. The van der Waals surface area contributed by atoms with Crippen molar-refractivity contribution in [2.45, 2.75) is 6.54 Å². The van der Waals surface area contributed by atoms with Crippen LogP contribution in [0.1, 0.15) is 16.1 Å². The smallest absolute Gasteiger partial charge is 0.253 e. The monoisotopic (exact) mass is 285 g/mol. The van der Waals surface area contributed by atoms with Crippen LogP contribution >= 0.6 is 0 Å². The highest BCUT2D eigenvalue weighted by Crippen LogP contribution is 2.09. The zero-order valence-corrected chi connectivity index (χ0v) is 12.0. The summed E-state index contributed by atoms with van der Waals surface area (Å²) >= 11 is 0. The van der Waals surface area contributed by atoms with E-state index in [0.717, 1.165) is 5.75 Å². The summed E-state index contributed by atoms with van der Waals surface area (Å²) in [5.41, 5.74) is 6.83. The van der Waals surface area contributed by atoms with E-state index in [1.165, 1.54) is 0 Å². The first-order valence-corrected chi connectivity index (χ1v) is 6.79. The van der Waals surface area contributed by atoms with Crippen LogP contribution < -0.4 is 10.5 Å². The lowest BCUT2D eigenvalue weighted by atomic mass is 10.2. The largest absolute Gasteiger partial charge is 0.492 e. The van der Waals surface area contributed by atoms with Gasteiger partial charge in [0.05, 0.1) is 12.2 Å². The van der Waals surface area contributed by atoms with Gasteiger partial charge in [0.15, 0.2) is 0 Å². The normalized spacial score (nSPS) is 10.2. The number of benzene rings is 1. The molecular weight excluding hydrogens is 266 g/mol. The Morgan fingerprint density at radius 2 is 2.05 bits per heavy atom. The molecule has 0 saturated heterocycles. The van der Waals surface area contributed by atoms with Crippen molar-refractivity contribution in [3.8, 4) is 5.75 Å². The summed E-state index contributed by atoms with van der Waals surface area (Å²) in [6.07, 6.45) is 1.60. The number of para-hydroxylation sites is 1. The molecule has 0 radical (unpaired) electrons. The molecule has 1 aromatic carbocycles.